The van der Waals surface area contributed by atoms with Crippen molar-refractivity contribution in [3.63, 3.8) is 0 Å². The van der Waals surface area contributed by atoms with Gasteiger partial charge in [-0.05, 0) is 17.7 Å². The van der Waals surface area contributed by atoms with Gasteiger partial charge in [-0.25, -0.2) is 22.0 Å². The van der Waals surface area contributed by atoms with E-state index in [0.29, 0.717) is 4.47 Å². The van der Waals surface area contributed by atoms with E-state index in [1.807, 2.05) is 0 Å². The standard InChI is InChI=1S/C12H4BrF5/c13-6-3-1-2-5(4-6)7-8(14)10(16)12(18)11(17)9(7)15/h1-4H. The lowest BCUT2D eigenvalue weighted by molar-refractivity contribution is 0.381. The third kappa shape index (κ3) is 2.01. The van der Waals surface area contributed by atoms with Crippen LogP contribution in [0.4, 0.5) is 22.0 Å². The smallest absolute Gasteiger partial charge is 0.200 e. The molecule has 0 aliphatic heterocycles. The minimum Gasteiger partial charge on any atom is -0.203 e. The molecule has 2 rings (SSSR count). The predicted molar refractivity (Wildman–Crippen MR) is 59.4 cm³/mol. The fourth-order valence-corrected chi connectivity index (χ4v) is 1.90. The molecule has 2 aromatic rings. The van der Waals surface area contributed by atoms with Crippen LogP contribution in [0.2, 0.25) is 0 Å². The number of rotatable bonds is 1. The summed E-state index contributed by atoms with van der Waals surface area (Å²) < 4.78 is 66.3. The van der Waals surface area contributed by atoms with E-state index in [-0.39, 0.29) is 5.56 Å². The van der Waals surface area contributed by atoms with Crippen LogP contribution in [0.25, 0.3) is 11.1 Å². The minimum absolute atomic E-state index is 0.0998. The molecule has 0 saturated heterocycles. The summed E-state index contributed by atoms with van der Waals surface area (Å²) in [6.45, 7) is 0. The van der Waals surface area contributed by atoms with E-state index in [2.05, 4.69) is 15.9 Å². The summed E-state index contributed by atoms with van der Waals surface area (Å²) in [6.07, 6.45) is 0. The molecule has 0 radical (unpaired) electrons. The average molecular weight is 323 g/mol. The van der Waals surface area contributed by atoms with Gasteiger partial charge in [-0.1, -0.05) is 28.1 Å². The molecule has 0 unspecified atom stereocenters. The van der Waals surface area contributed by atoms with Crippen LogP contribution < -0.4 is 0 Å². The first-order valence-corrected chi connectivity index (χ1v) is 5.50. The van der Waals surface area contributed by atoms with Gasteiger partial charge in [0, 0.05) is 4.47 Å². The molecule has 0 fully saturated rings. The van der Waals surface area contributed by atoms with E-state index in [1.165, 1.54) is 18.2 Å². The average Bonchev–Trinajstić information content (AvgIpc) is 2.34. The molecule has 0 heterocycles. The third-order valence-electron chi connectivity index (χ3n) is 2.32. The first-order valence-electron chi connectivity index (χ1n) is 4.71. The highest BCUT2D eigenvalue weighted by molar-refractivity contribution is 9.10. The van der Waals surface area contributed by atoms with Crippen LogP contribution in [-0.4, -0.2) is 0 Å². The molecule has 0 aliphatic carbocycles. The second-order valence-corrected chi connectivity index (χ2v) is 4.37. The summed E-state index contributed by atoms with van der Waals surface area (Å²) in [5, 5.41) is 0. The van der Waals surface area contributed by atoms with Gasteiger partial charge in [0.1, 0.15) is 0 Å². The van der Waals surface area contributed by atoms with Crippen molar-refractivity contribution in [1.29, 1.82) is 0 Å². The lowest BCUT2D eigenvalue weighted by Gasteiger charge is -2.08. The van der Waals surface area contributed by atoms with E-state index in [1.54, 1.807) is 6.07 Å². The molecule has 0 aromatic heterocycles. The molecule has 0 amide bonds. The quantitative estimate of drug-likeness (QED) is 0.401. The van der Waals surface area contributed by atoms with Crippen molar-refractivity contribution in [1.82, 2.24) is 0 Å². The number of halogens is 6. The lowest BCUT2D eigenvalue weighted by Crippen LogP contribution is -2.03. The molecule has 0 saturated carbocycles. The van der Waals surface area contributed by atoms with Crippen LogP contribution in [-0.2, 0) is 0 Å². The molecule has 0 spiro atoms. The molecule has 94 valence electrons. The van der Waals surface area contributed by atoms with Gasteiger partial charge in [0.25, 0.3) is 0 Å². The molecule has 6 heteroatoms. The summed E-state index contributed by atoms with van der Waals surface area (Å²) in [5.41, 5.74) is -1.04. The molecule has 2 aromatic carbocycles. The fraction of sp³-hybridized carbons (Fsp3) is 0. The van der Waals surface area contributed by atoms with Gasteiger partial charge in [0.15, 0.2) is 23.3 Å². The Morgan fingerprint density at radius 3 is 1.72 bits per heavy atom. The van der Waals surface area contributed by atoms with E-state index in [9.17, 15) is 22.0 Å². The maximum atomic E-state index is 13.5. The van der Waals surface area contributed by atoms with Gasteiger partial charge in [0.05, 0.1) is 5.56 Å². The highest BCUT2D eigenvalue weighted by atomic mass is 79.9. The Bertz CT molecular complexity index is 595. The van der Waals surface area contributed by atoms with Gasteiger partial charge < -0.3 is 0 Å². The number of benzene rings is 2. The van der Waals surface area contributed by atoms with Crippen LogP contribution in [0.3, 0.4) is 0 Å². The van der Waals surface area contributed by atoms with Crippen molar-refractivity contribution in [3.8, 4) is 11.1 Å². The largest absolute Gasteiger partial charge is 0.203 e. The van der Waals surface area contributed by atoms with Crippen molar-refractivity contribution in [3.05, 3.63) is 57.8 Å². The third-order valence-corrected chi connectivity index (χ3v) is 2.82. The maximum Gasteiger partial charge on any atom is 0.200 e. The second-order valence-electron chi connectivity index (χ2n) is 3.46. The number of hydrogen-bond donors (Lipinski definition) is 0. The maximum absolute atomic E-state index is 13.5. The van der Waals surface area contributed by atoms with Crippen molar-refractivity contribution in [2.24, 2.45) is 0 Å². The van der Waals surface area contributed by atoms with Crippen molar-refractivity contribution in [2.75, 3.05) is 0 Å². The molecule has 0 aliphatic rings. The van der Waals surface area contributed by atoms with E-state index < -0.39 is 34.6 Å². The van der Waals surface area contributed by atoms with Gasteiger partial charge in [-0.3, -0.25) is 0 Å². The van der Waals surface area contributed by atoms with Crippen molar-refractivity contribution in [2.45, 2.75) is 0 Å². The Morgan fingerprint density at radius 2 is 1.22 bits per heavy atom. The molecular formula is C12H4BrF5. The fourth-order valence-electron chi connectivity index (χ4n) is 1.50. The van der Waals surface area contributed by atoms with Gasteiger partial charge in [-0.2, -0.15) is 0 Å². The second kappa shape index (κ2) is 4.68. The Kier molecular flexibility index (Phi) is 3.38. The monoisotopic (exact) mass is 322 g/mol. The zero-order chi connectivity index (χ0) is 13.4. The van der Waals surface area contributed by atoms with Gasteiger partial charge in [0.2, 0.25) is 5.82 Å². The summed E-state index contributed by atoms with van der Waals surface area (Å²) in [7, 11) is 0. The Hall–Kier alpha value is -1.43. The molecule has 18 heavy (non-hydrogen) atoms. The highest BCUT2D eigenvalue weighted by Crippen LogP contribution is 2.32. The van der Waals surface area contributed by atoms with Crippen LogP contribution >= 0.6 is 15.9 Å². The van der Waals surface area contributed by atoms with Gasteiger partial charge >= 0.3 is 0 Å². The Morgan fingerprint density at radius 1 is 0.722 bits per heavy atom. The van der Waals surface area contributed by atoms with Crippen LogP contribution in [0.1, 0.15) is 0 Å². The Balaban J connectivity index is 2.80. The molecule has 0 nitrogen and oxygen atoms in total. The topological polar surface area (TPSA) is 0 Å². The van der Waals surface area contributed by atoms with E-state index >= 15 is 0 Å². The van der Waals surface area contributed by atoms with E-state index in [4.69, 9.17) is 0 Å². The summed E-state index contributed by atoms with van der Waals surface area (Å²) >= 11 is 3.05. The van der Waals surface area contributed by atoms with Crippen LogP contribution in [0, 0.1) is 29.1 Å². The Labute approximate surface area is 107 Å². The SMILES string of the molecule is Fc1c(F)c(F)c(-c2cccc(Br)c2)c(F)c1F. The summed E-state index contributed by atoms with van der Waals surface area (Å²) in [5.74, 6) is -9.76. The minimum atomic E-state index is -2.16. The molecule has 0 N–H and O–H groups in total. The normalized spacial score (nSPS) is 10.8. The zero-order valence-corrected chi connectivity index (χ0v) is 10.2. The zero-order valence-electron chi connectivity index (χ0n) is 8.58. The highest BCUT2D eigenvalue weighted by Gasteiger charge is 2.26. The molecule has 0 atom stereocenters. The predicted octanol–water partition coefficient (Wildman–Crippen LogP) is 4.81. The van der Waals surface area contributed by atoms with Crippen LogP contribution in [0.5, 0.6) is 0 Å². The number of hydrogen-bond acceptors (Lipinski definition) is 0. The summed E-state index contributed by atoms with van der Waals surface area (Å²) in [6, 6.07) is 5.51. The lowest BCUT2D eigenvalue weighted by atomic mass is 10.0. The first kappa shape index (κ1) is 13.0. The summed E-state index contributed by atoms with van der Waals surface area (Å²) in [4.78, 5) is 0. The van der Waals surface area contributed by atoms with Crippen LogP contribution in [0.15, 0.2) is 28.7 Å². The van der Waals surface area contributed by atoms with Gasteiger partial charge in [-0.15, -0.1) is 0 Å². The molecule has 0 bridgehead atoms. The molecular weight excluding hydrogens is 319 g/mol. The van der Waals surface area contributed by atoms with E-state index in [0.717, 1.165) is 0 Å². The first-order chi connectivity index (χ1) is 8.43. The van der Waals surface area contributed by atoms with Crippen molar-refractivity contribution >= 4 is 15.9 Å². The van der Waals surface area contributed by atoms with Crippen molar-refractivity contribution < 1.29 is 22.0 Å².